The first-order valence-electron chi connectivity index (χ1n) is 8.42. The molecule has 0 saturated carbocycles. The van der Waals surface area contributed by atoms with Gasteiger partial charge in [0, 0.05) is 32.6 Å². The number of nitrogens with zero attached hydrogens (tertiary/aromatic N) is 2. The van der Waals surface area contributed by atoms with E-state index in [1.165, 1.54) is 0 Å². The molecule has 2 aliphatic rings. The van der Waals surface area contributed by atoms with Gasteiger partial charge in [0.1, 0.15) is 17.9 Å². The molecule has 130 valence electrons. The zero-order valence-electron chi connectivity index (χ0n) is 14.2. The summed E-state index contributed by atoms with van der Waals surface area (Å²) in [6, 6.07) is 7.45. The maximum absolute atomic E-state index is 12.5. The van der Waals surface area contributed by atoms with E-state index in [0.717, 1.165) is 30.8 Å². The molecule has 6 nitrogen and oxygen atoms in total. The number of rotatable bonds is 4. The Hall–Kier alpha value is -2.08. The smallest absolute Gasteiger partial charge is 0.323 e. The van der Waals surface area contributed by atoms with Gasteiger partial charge in [-0.3, -0.25) is 14.5 Å². The number of amides is 1. The standard InChI is InChI=1S/C18H24N2O4/c1-13-10-16(18(22)24-13)19-6-8-20(9-7-19)17(21)12-14-4-3-5-15(11-14)23-2/h3-5,11,13,16H,6-10,12H2,1-2H3/t13-,16-/m1/s1. The average molecular weight is 332 g/mol. The largest absolute Gasteiger partial charge is 0.497 e. The third-order valence-corrected chi connectivity index (χ3v) is 4.74. The fourth-order valence-corrected chi connectivity index (χ4v) is 3.39. The Balaban J connectivity index is 1.52. The van der Waals surface area contributed by atoms with Gasteiger partial charge in [-0.2, -0.15) is 0 Å². The van der Waals surface area contributed by atoms with Crippen molar-refractivity contribution in [1.29, 1.82) is 0 Å². The van der Waals surface area contributed by atoms with Crippen molar-refractivity contribution < 1.29 is 19.1 Å². The van der Waals surface area contributed by atoms with Gasteiger partial charge in [-0.1, -0.05) is 12.1 Å². The number of hydrogen-bond donors (Lipinski definition) is 0. The topological polar surface area (TPSA) is 59.1 Å². The van der Waals surface area contributed by atoms with Crippen LogP contribution in [0.1, 0.15) is 18.9 Å². The van der Waals surface area contributed by atoms with Gasteiger partial charge < -0.3 is 14.4 Å². The van der Waals surface area contributed by atoms with E-state index < -0.39 is 0 Å². The monoisotopic (exact) mass is 332 g/mol. The van der Waals surface area contributed by atoms with Gasteiger partial charge >= 0.3 is 5.97 Å². The number of cyclic esters (lactones) is 1. The van der Waals surface area contributed by atoms with Crippen LogP contribution >= 0.6 is 0 Å². The number of piperazine rings is 1. The molecule has 0 N–H and O–H groups in total. The minimum atomic E-state index is -0.143. The molecule has 2 heterocycles. The number of carbonyl (C=O) groups is 2. The average Bonchev–Trinajstić information content (AvgIpc) is 2.93. The van der Waals surface area contributed by atoms with Crippen LogP contribution in [0, 0.1) is 0 Å². The van der Waals surface area contributed by atoms with E-state index in [1.807, 2.05) is 36.1 Å². The zero-order valence-corrected chi connectivity index (χ0v) is 14.2. The number of methoxy groups -OCH3 is 1. The van der Waals surface area contributed by atoms with Crippen molar-refractivity contribution in [2.24, 2.45) is 0 Å². The molecule has 1 aromatic carbocycles. The minimum Gasteiger partial charge on any atom is -0.497 e. The molecule has 0 radical (unpaired) electrons. The molecular formula is C18H24N2O4. The van der Waals surface area contributed by atoms with Gasteiger partial charge in [0.15, 0.2) is 0 Å². The summed E-state index contributed by atoms with van der Waals surface area (Å²) in [7, 11) is 1.62. The second-order valence-corrected chi connectivity index (χ2v) is 6.44. The molecule has 2 atom stereocenters. The van der Waals surface area contributed by atoms with Gasteiger partial charge in [0.2, 0.25) is 5.91 Å². The molecule has 3 rings (SSSR count). The van der Waals surface area contributed by atoms with Crippen molar-refractivity contribution in [3.8, 4) is 5.75 Å². The Bertz CT molecular complexity index is 611. The van der Waals surface area contributed by atoms with Crippen molar-refractivity contribution in [2.45, 2.75) is 31.9 Å². The summed E-state index contributed by atoms with van der Waals surface area (Å²) in [5.74, 6) is 0.753. The second-order valence-electron chi connectivity index (χ2n) is 6.44. The van der Waals surface area contributed by atoms with Gasteiger partial charge in [0.25, 0.3) is 0 Å². The molecule has 0 spiro atoms. The van der Waals surface area contributed by atoms with Gasteiger partial charge in [0.05, 0.1) is 13.5 Å². The van der Waals surface area contributed by atoms with Crippen LogP contribution in [0.5, 0.6) is 5.75 Å². The molecule has 0 unspecified atom stereocenters. The second kappa shape index (κ2) is 7.21. The Morgan fingerprint density at radius 1 is 1.29 bits per heavy atom. The first-order valence-corrected chi connectivity index (χ1v) is 8.42. The van der Waals surface area contributed by atoms with Crippen LogP contribution in [0.15, 0.2) is 24.3 Å². The van der Waals surface area contributed by atoms with Crippen LogP contribution in [-0.4, -0.2) is 67.1 Å². The Morgan fingerprint density at radius 3 is 2.67 bits per heavy atom. The van der Waals surface area contributed by atoms with Crippen molar-refractivity contribution in [2.75, 3.05) is 33.3 Å². The van der Waals surface area contributed by atoms with E-state index in [0.29, 0.717) is 19.5 Å². The molecule has 0 aromatic heterocycles. The fraction of sp³-hybridized carbons (Fsp3) is 0.556. The van der Waals surface area contributed by atoms with E-state index in [2.05, 4.69) is 4.90 Å². The third kappa shape index (κ3) is 3.70. The molecule has 2 saturated heterocycles. The van der Waals surface area contributed by atoms with Crippen molar-refractivity contribution in [1.82, 2.24) is 9.80 Å². The Morgan fingerprint density at radius 2 is 2.04 bits per heavy atom. The highest BCUT2D eigenvalue weighted by atomic mass is 16.6. The summed E-state index contributed by atoms with van der Waals surface area (Å²) >= 11 is 0. The molecule has 0 bridgehead atoms. The first-order chi connectivity index (χ1) is 11.6. The molecule has 0 aliphatic carbocycles. The fourth-order valence-electron chi connectivity index (χ4n) is 3.39. The quantitative estimate of drug-likeness (QED) is 0.773. The maximum Gasteiger partial charge on any atom is 0.323 e. The lowest BCUT2D eigenvalue weighted by Gasteiger charge is -2.36. The lowest BCUT2D eigenvalue weighted by atomic mass is 10.1. The highest BCUT2D eigenvalue weighted by Gasteiger charge is 2.38. The summed E-state index contributed by atoms with van der Waals surface area (Å²) in [6.07, 6.45) is 1.12. The number of ether oxygens (including phenoxy) is 2. The maximum atomic E-state index is 12.5. The van der Waals surface area contributed by atoms with E-state index in [-0.39, 0.29) is 24.0 Å². The predicted octanol–water partition coefficient (Wildman–Crippen LogP) is 1.09. The van der Waals surface area contributed by atoms with Crippen LogP contribution in [0.2, 0.25) is 0 Å². The predicted molar refractivity (Wildman–Crippen MR) is 88.8 cm³/mol. The van der Waals surface area contributed by atoms with E-state index >= 15 is 0 Å². The summed E-state index contributed by atoms with van der Waals surface area (Å²) in [6.45, 7) is 4.67. The van der Waals surface area contributed by atoms with Gasteiger partial charge in [-0.05, 0) is 24.6 Å². The highest BCUT2D eigenvalue weighted by Crippen LogP contribution is 2.21. The zero-order chi connectivity index (χ0) is 17.1. The first kappa shape index (κ1) is 16.8. The normalized spacial score (nSPS) is 24.8. The summed E-state index contributed by atoms with van der Waals surface area (Å²) in [5.41, 5.74) is 0.954. The lowest BCUT2D eigenvalue weighted by Crippen LogP contribution is -2.53. The molecule has 24 heavy (non-hydrogen) atoms. The van der Waals surface area contributed by atoms with Crippen molar-refractivity contribution in [3.63, 3.8) is 0 Å². The minimum absolute atomic E-state index is 0.00442. The van der Waals surface area contributed by atoms with Crippen LogP contribution in [0.4, 0.5) is 0 Å². The summed E-state index contributed by atoms with van der Waals surface area (Å²) in [5, 5.41) is 0. The third-order valence-electron chi connectivity index (χ3n) is 4.74. The van der Waals surface area contributed by atoms with Crippen LogP contribution in [0.25, 0.3) is 0 Å². The van der Waals surface area contributed by atoms with E-state index in [1.54, 1.807) is 7.11 Å². The summed E-state index contributed by atoms with van der Waals surface area (Å²) < 4.78 is 10.4. The number of carbonyl (C=O) groups excluding carboxylic acids is 2. The molecule has 2 aliphatic heterocycles. The lowest BCUT2D eigenvalue weighted by molar-refractivity contribution is -0.145. The van der Waals surface area contributed by atoms with Crippen LogP contribution in [0.3, 0.4) is 0 Å². The highest BCUT2D eigenvalue weighted by molar-refractivity contribution is 5.79. The Labute approximate surface area is 142 Å². The van der Waals surface area contributed by atoms with Crippen molar-refractivity contribution in [3.05, 3.63) is 29.8 Å². The van der Waals surface area contributed by atoms with E-state index in [4.69, 9.17) is 9.47 Å². The molecular weight excluding hydrogens is 308 g/mol. The number of hydrogen-bond acceptors (Lipinski definition) is 5. The van der Waals surface area contributed by atoms with Gasteiger partial charge in [-0.15, -0.1) is 0 Å². The van der Waals surface area contributed by atoms with Crippen LogP contribution < -0.4 is 4.74 Å². The number of esters is 1. The van der Waals surface area contributed by atoms with Crippen molar-refractivity contribution >= 4 is 11.9 Å². The van der Waals surface area contributed by atoms with Crippen LogP contribution in [-0.2, 0) is 20.7 Å². The molecule has 6 heteroatoms. The SMILES string of the molecule is COc1cccc(CC(=O)N2CCN([C@@H]3C[C@@H](C)OC3=O)CC2)c1. The molecule has 1 aromatic rings. The van der Waals surface area contributed by atoms with Gasteiger partial charge in [-0.25, -0.2) is 0 Å². The van der Waals surface area contributed by atoms with E-state index in [9.17, 15) is 9.59 Å². The molecule has 1 amide bonds. The number of benzene rings is 1. The Kier molecular flexibility index (Phi) is 5.04. The summed E-state index contributed by atoms with van der Waals surface area (Å²) in [4.78, 5) is 28.3. The molecule has 2 fully saturated rings.